The van der Waals surface area contributed by atoms with E-state index in [0.717, 1.165) is 49.0 Å². The highest BCUT2D eigenvalue weighted by atomic mass is 16.5. The number of methoxy groups -OCH3 is 1. The van der Waals surface area contributed by atoms with Crippen molar-refractivity contribution in [3.05, 3.63) is 65.7 Å². The van der Waals surface area contributed by atoms with Crippen molar-refractivity contribution in [2.75, 3.05) is 7.11 Å². The molecule has 1 aliphatic carbocycles. The van der Waals surface area contributed by atoms with Crippen molar-refractivity contribution in [2.24, 2.45) is 0 Å². The van der Waals surface area contributed by atoms with E-state index in [1.165, 1.54) is 0 Å². The van der Waals surface area contributed by atoms with Crippen LogP contribution in [0.15, 0.2) is 54.6 Å². The third-order valence-corrected chi connectivity index (χ3v) is 5.45. The maximum absolute atomic E-state index is 13.3. The van der Waals surface area contributed by atoms with E-state index in [-0.39, 0.29) is 17.4 Å². The van der Waals surface area contributed by atoms with Crippen LogP contribution >= 0.6 is 0 Å². The molecular formula is C22H27NO2. The molecule has 0 unspecified atom stereocenters. The van der Waals surface area contributed by atoms with Gasteiger partial charge in [-0.2, -0.15) is 0 Å². The summed E-state index contributed by atoms with van der Waals surface area (Å²) >= 11 is 0. The topological polar surface area (TPSA) is 38.3 Å². The molecule has 0 heterocycles. The summed E-state index contributed by atoms with van der Waals surface area (Å²) in [5.74, 6) is 1.00. The minimum Gasteiger partial charge on any atom is -0.497 e. The lowest BCUT2D eigenvalue weighted by atomic mass is 9.77. The molecule has 0 aliphatic heterocycles. The second-order valence-electron chi connectivity index (χ2n) is 6.86. The SMILES string of the molecule is CC[C@@H](NC(=O)C1(c2ccccc2)CCCC1)c1ccc(OC)cc1. The maximum Gasteiger partial charge on any atom is 0.231 e. The van der Waals surface area contributed by atoms with Gasteiger partial charge in [-0.05, 0) is 42.5 Å². The summed E-state index contributed by atoms with van der Waals surface area (Å²) in [7, 11) is 1.66. The van der Waals surface area contributed by atoms with Crippen LogP contribution in [0.1, 0.15) is 56.2 Å². The summed E-state index contributed by atoms with van der Waals surface area (Å²) in [5.41, 5.74) is 1.90. The van der Waals surface area contributed by atoms with Crippen LogP contribution < -0.4 is 10.1 Å². The first-order valence-electron chi connectivity index (χ1n) is 9.20. The Morgan fingerprint density at radius 2 is 1.72 bits per heavy atom. The molecule has 1 fully saturated rings. The van der Waals surface area contributed by atoms with E-state index in [1.807, 2.05) is 42.5 Å². The Kier molecular flexibility index (Phi) is 5.42. The van der Waals surface area contributed by atoms with Crippen molar-refractivity contribution in [2.45, 2.75) is 50.5 Å². The van der Waals surface area contributed by atoms with Crippen molar-refractivity contribution in [3.8, 4) is 5.75 Å². The second-order valence-corrected chi connectivity index (χ2v) is 6.86. The van der Waals surface area contributed by atoms with Gasteiger partial charge < -0.3 is 10.1 Å². The number of carbonyl (C=O) groups is 1. The molecule has 0 radical (unpaired) electrons. The molecule has 1 N–H and O–H groups in total. The van der Waals surface area contributed by atoms with Crippen LogP contribution in [0.5, 0.6) is 5.75 Å². The van der Waals surface area contributed by atoms with Crippen molar-refractivity contribution < 1.29 is 9.53 Å². The summed E-state index contributed by atoms with van der Waals surface area (Å²) in [6.45, 7) is 2.11. The minimum absolute atomic E-state index is 0.0274. The predicted octanol–water partition coefficient (Wildman–Crippen LogP) is 4.77. The number of hydrogen-bond donors (Lipinski definition) is 1. The average Bonchev–Trinajstić information content (AvgIpc) is 3.18. The maximum atomic E-state index is 13.3. The molecule has 1 aliphatic rings. The first-order valence-corrected chi connectivity index (χ1v) is 9.20. The van der Waals surface area contributed by atoms with E-state index in [0.29, 0.717) is 0 Å². The third-order valence-electron chi connectivity index (χ3n) is 5.45. The number of amides is 1. The molecule has 3 heteroatoms. The van der Waals surface area contributed by atoms with Gasteiger partial charge in [-0.3, -0.25) is 4.79 Å². The summed E-state index contributed by atoms with van der Waals surface area (Å²) in [6, 6.07) is 18.3. The predicted molar refractivity (Wildman–Crippen MR) is 101 cm³/mol. The van der Waals surface area contributed by atoms with Gasteiger partial charge in [0, 0.05) is 0 Å². The van der Waals surface area contributed by atoms with Crippen LogP contribution in [-0.2, 0) is 10.2 Å². The van der Waals surface area contributed by atoms with E-state index >= 15 is 0 Å². The summed E-state index contributed by atoms with van der Waals surface area (Å²) in [5, 5.41) is 3.32. The van der Waals surface area contributed by atoms with Crippen LogP contribution in [0, 0.1) is 0 Å². The smallest absolute Gasteiger partial charge is 0.231 e. The Hall–Kier alpha value is -2.29. The lowest BCUT2D eigenvalue weighted by Gasteiger charge is -2.31. The van der Waals surface area contributed by atoms with Gasteiger partial charge in [-0.1, -0.05) is 62.2 Å². The first kappa shape index (κ1) is 17.5. The number of nitrogens with one attached hydrogen (secondary N) is 1. The fourth-order valence-corrected chi connectivity index (χ4v) is 3.94. The molecular weight excluding hydrogens is 310 g/mol. The fraction of sp³-hybridized carbons (Fsp3) is 0.409. The van der Waals surface area contributed by atoms with Crippen LogP contribution in [0.2, 0.25) is 0 Å². The monoisotopic (exact) mass is 337 g/mol. The summed E-state index contributed by atoms with van der Waals surface area (Å²) in [6.07, 6.45) is 4.95. The fourth-order valence-electron chi connectivity index (χ4n) is 3.94. The van der Waals surface area contributed by atoms with E-state index in [9.17, 15) is 4.79 Å². The molecule has 3 nitrogen and oxygen atoms in total. The molecule has 2 aromatic carbocycles. The number of benzene rings is 2. The molecule has 0 spiro atoms. The number of carbonyl (C=O) groups excluding carboxylic acids is 1. The molecule has 25 heavy (non-hydrogen) atoms. The Bertz CT molecular complexity index is 688. The normalized spacial score (nSPS) is 17.0. The van der Waals surface area contributed by atoms with E-state index in [4.69, 9.17) is 4.74 Å². The van der Waals surface area contributed by atoms with Gasteiger partial charge >= 0.3 is 0 Å². The van der Waals surface area contributed by atoms with Crippen molar-refractivity contribution in [1.82, 2.24) is 5.32 Å². The van der Waals surface area contributed by atoms with Crippen LogP contribution in [0.3, 0.4) is 0 Å². The highest BCUT2D eigenvalue weighted by Crippen LogP contribution is 2.41. The van der Waals surface area contributed by atoms with E-state index in [1.54, 1.807) is 7.11 Å². The zero-order valence-electron chi connectivity index (χ0n) is 15.1. The molecule has 0 saturated heterocycles. The number of rotatable bonds is 6. The van der Waals surface area contributed by atoms with E-state index in [2.05, 4.69) is 24.4 Å². The molecule has 132 valence electrons. The molecule has 1 atom stereocenters. The molecule has 0 bridgehead atoms. The molecule has 1 saturated carbocycles. The van der Waals surface area contributed by atoms with Crippen molar-refractivity contribution >= 4 is 5.91 Å². The van der Waals surface area contributed by atoms with Gasteiger partial charge in [0.1, 0.15) is 5.75 Å². The van der Waals surface area contributed by atoms with Gasteiger partial charge in [0.15, 0.2) is 0 Å². The largest absolute Gasteiger partial charge is 0.497 e. The van der Waals surface area contributed by atoms with Crippen LogP contribution in [-0.4, -0.2) is 13.0 Å². The first-order chi connectivity index (χ1) is 12.2. The van der Waals surface area contributed by atoms with Gasteiger partial charge in [0.25, 0.3) is 0 Å². The number of hydrogen-bond acceptors (Lipinski definition) is 2. The molecule has 3 rings (SSSR count). The zero-order chi connectivity index (χ0) is 17.7. The Morgan fingerprint density at radius 3 is 2.28 bits per heavy atom. The standard InChI is InChI=1S/C22H27NO2/c1-3-20(17-11-13-19(25-2)14-12-17)23-21(24)22(15-7-8-16-22)18-9-5-4-6-10-18/h4-6,9-14,20H,3,7-8,15-16H2,1-2H3,(H,23,24)/t20-/m1/s1. The van der Waals surface area contributed by atoms with Gasteiger partial charge in [-0.15, -0.1) is 0 Å². The summed E-state index contributed by atoms with van der Waals surface area (Å²) < 4.78 is 5.23. The minimum atomic E-state index is -0.374. The van der Waals surface area contributed by atoms with Gasteiger partial charge in [0.05, 0.1) is 18.6 Å². The Balaban J connectivity index is 1.82. The second kappa shape index (κ2) is 7.73. The highest BCUT2D eigenvalue weighted by molar-refractivity contribution is 5.89. The molecule has 1 amide bonds. The Morgan fingerprint density at radius 1 is 1.08 bits per heavy atom. The van der Waals surface area contributed by atoms with E-state index < -0.39 is 0 Å². The number of ether oxygens (including phenoxy) is 1. The summed E-state index contributed by atoms with van der Waals surface area (Å²) in [4.78, 5) is 13.3. The van der Waals surface area contributed by atoms with Crippen molar-refractivity contribution in [1.29, 1.82) is 0 Å². The van der Waals surface area contributed by atoms with Crippen LogP contribution in [0.4, 0.5) is 0 Å². The molecule has 2 aromatic rings. The quantitative estimate of drug-likeness (QED) is 0.824. The molecule has 0 aromatic heterocycles. The highest BCUT2D eigenvalue weighted by Gasteiger charge is 2.43. The lowest BCUT2D eigenvalue weighted by molar-refractivity contribution is -0.127. The van der Waals surface area contributed by atoms with Crippen molar-refractivity contribution in [3.63, 3.8) is 0 Å². The average molecular weight is 337 g/mol. The van der Waals surface area contributed by atoms with Gasteiger partial charge in [0.2, 0.25) is 5.91 Å². The van der Waals surface area contributed by atoms with Gasteiger partial charge in [-0.25, -0.2) is 0 Å². The zero-order valence-corrected chi connectivity index (χ0v) is 15.1. The Labute approximate surface area is 150 Å². The third kappa shape index (κ3) is 3.55. The lowest BCUT2D eigenvalue weighted by Crippen LogP contribution is -2.44. The van der Waals surface area contributed by atoms with Crippen LogP contribution in [0.25, 0.3) is 0 Å².